The molecular formula is C10H9ClN2. The number of benzene rings is 1. The van der Waals surface area contributed by atoms with Gasteiger partial charge in [0, 0.05) is 11.6 Å². The highest BCUT2D eigenvalue weighted by Crippen LogP contribution is 2.28. The van der Waals surface area contributed by atoms with Gasteiger partial charge in [0.2, 0.25) is 0 Å². The van der Waals surface area contributed by atoms with Gasteiger partial charge in [0.15, 0.2) is 0 Å². The second-order valence-corrected chi connectivity index (χ2v) is 3.45. The maximum absolute atomic E-state index is 6.05. The summed E-state index contributed by atoms with van der Waals surface area (Å²) in [5, 5.41) is 2.55. The van der Waals surface area contributed by atoms with E-state index in [0.717, 1.165) is 16.3 Å². The number of aryl methyl sites for hydroxylation is 1. The van der Waals surface area contributed by atoms with E-state index in [0.29, 0.717) is 10.8 Å². The van der Waals surface area contributed by atoms with Crippen LogP contribution in [0.2, 0.25) is 5.02 Å². The quantitative estimate of drug-likeness (QED) is 0.697. The molecule has 0 atom stereocenters. The number of hydrogen-bond donors (Lipinski definition) is 1. The van der Waals surface area contributed by atoms with Crippen LogP contribution in [-0.4, -0.2) is 4.98 Å². The lowest BCUT2D eigenvalue weighted by Crippen LogP contribution is -1.91. The van der Waals surface area contributed by atoms with Gasteiger partial charge in [-0.3, -0.25) is 0 Å². The number of fused-ring (bicyclic) bond motifs is 1. The maximum atomic E-state index is 6.05. The van der Waals surface area contributed by atoms with Crippen molar-refractivity contribution in [1.82, 2.24) is 4.98 Å². The van der Waals surface area contributed by atoms with Crippen molar-refractivity contribution >= 4 is 28.2 Å². The average Bonchev–Trinajstić information content (AvgIpc) is 2.02. The summed E-state index contributed by atoms with van der Waals surface area (Å²) < 4.78 is 0. The molecule has 0 aliphatic rings. The van der Waals surface area contributed by atoms with Crippen LogP contribution in [-0.2, 0) is 0 Å². The van der Waals surface area contributed by atoms with E-state index < -0.39 is 0 Å². The van der Waals surface area contributed by atoms with Crippen LogP contribution in [0.4, 0.5) is 5.82 Å². The zero-order chi connectivity index (χ0) is 9.42. The predicted molar refractivity (Wildman–Crippen MR) is 55.9 cm³/mol. The zero-order valence-electron chi connectivity index (χ0n) is 7.21. The van der Waals surface area contributed by atoms with Gasteiger partial charge >= 0.3 is 0 Å². The minimum atomic E-state index is 0.488. The van der Waals surface area contributed by atoms with Crippen molar-refractivity contribution < 1.29 is 0 Å². The minimum Gasteiger partial charge on any atom is -0.383 e. The summed E-state index contributed by atoms with van der Waals surface area (Å²) in [5.41, 5.74) is 6.84. The van der Waals surface area contributed by atoms with Gasteiger partial charge in [-0.05, 0) is 30.0 Å². The normalized spacial score (nSPS) is 10.6. The Bertz CT molecular complexity index is 466. The number of anilines is 1. The molecule has 0 bridgehead atoms. The van der Waals surface area contributed by atoms with Crippen LogP contribution in [0.25, 0.3) is 10.8 Å². The van der Waals surface area contributed by atoms with Gasteiger partial charge in [-0.25, -0.2) is 4.98 Å². The summed E-state index contributed by atoms with van der Waals surface area (Å²) in [4.78, 5) is 3.99. The molecule has 13 heavy (non-hydrogen) atoms. The molecule has 0 unspecified atom stereocenters. The van der Waals surface area contributed by atoms with Crippen LogP contribution in [0.15, 0.2) is 24.4 Å². The molecule has 0 radical (unpaired) electrons. The number of rotatable bonds is 0. The molecule has 0 amide bonds. The fourth-order valence-corrected chi connectivity index (χ4v) is 1.81. The number of pyridine rings is 1. The topological polar surface area (TPSA) is 38.9 Å². The van der Waals surface area contributed by atoms with E-state index in [2.05, 4.69) is 4.98 Å². The van der Waals surface area contributed by atoms with Gasteiger partial charge < -0.3 is 5.73 Å². The highest BCUT2D eigenvalue weighted by molar-refractivity contribution is 6.36. The second-order valence-electron chi connectivity index (χ2n) is 3.04. The van der Waals surface area contributed by atoms with Crippen molar-refractivity contribution in [3.05, 3.63) is 35.0 Å². The van der Waals surface area contributed by atoms with Crippen LogP contribution >= 0.6 is 11.6 Å². The van der Waals surface area contributed by atoms with Crippen molar-refractivity contribution in [2.45, 2.75) is 6.92 Å². The fourth-order valence-electron chi connectivity index (χ4n) is 1.43. The Morgan fingerprint density at radius 3 is 2.92 bits per heavy atom. The number of nitrogen functional groups attached to an aromatic ring is 1. The van der Waals surface area contributed by atoms with Crippen molar-refractivity contribution in [2.24, 2.45) is 0 Å². The maximum Gasteiger partial charge on any atom is 0.132 e. The molecule has 0 saturated carbocycles. The molecule has 66 valence electrons. The average molecular weight is 193 g/mol. The second kappa shape index (κ2) is 2.89. The van der Waals surface area contributed by atoms with Gasteiger partial charge in [-0.1, -0.05) is 17.7 Å². The molecule has 2 nitrogen and oxygen atoms in total. The number of nitrogens with two attached hydrogens (primary N) is 1. The summed E-state index contributed by atoms with van der Waals surface area (Å²) in [7, 11) is 0. The smallest absolute Gasteiger partial charge is 0.132 e. The largest absolute Gasteiger partial charge is 0.383 e. The lowest BCUT2D eigenvalue weighted by molar-refractivity contribution is 1.36. The molecule has 0 saturated heterocycles. The SMILES string of the molecule is Cc1cc(Cl)c2c(N)nccc2c1. The summed E-state index contributed by atoms with van der Waals surface area (Å²) in [6, 6.07) is 5.84. The Hall–Kier alpha value is -1.28. The van der Waals surface area contributed by atoms with E-state index in [1.165, 1.54) is 0 Å². The third kappa shape index (κ3) is 1.33. The first-order valence-corrected chi connectivity index (χ1v) is 4.36. The van der Waals surface area contributed by atoms with E-state index in [4.69, 9.17) is 17.3 Å². The first kappa shape index (κ1) is 8.32. The predicted octanol–water partition coefficient (Wildman–Crippen LogP) is 2.78. The molecule has 2 N–H and O–H groups in total. The summed E-state index contributed by atoms with van der Waals surface area (Å²) >= 11 is 6.05. The van der Waals surface area contributed by atoms with Crippen LogP contribution < -0.4 is 5.73 Å². The molecule has 1 aromatic carbocycles. The summed E-state index contributed by atoms with van der Waals surface area (Å²) in [5.74, 6) is 0.488. The molecule has 3 heteroatoms. The third-order valence-corrected chi connectivity index (χ3v) is 2.29. The van der Waals surface area contributed by atoms with Gasteiger partial charge in [0.25, 0.3) is 0 Å². The van der Waals surface area contributed by atoms with Crippen molar-refractivity contribution in [3.8, 4) is 0 Å². The molecule has 0 aliphatic heterocycles. The first-order valence-electron chi connectivity index (χ1n) is 3.99. The number of hydrogen-bond acceptors (Lipinski definition) is 2. The molecule has 2 aromatic rings. The highest BCUT2D eigenvalue weighted by Gasteiger charge is 2.03. The van der Waals surface area contributed by atoms with Gasteiger partial charge in [0.05, 0.1) is 5.02 Å². The monoisotopic (exact) mass is 192 g/mol. The van der Waals surface area contributed by atoms with E-state index in [-0.39, 0.29) is 0 Å². The Morgan fingerprint density at radius 1 is 1.38 bits per heavy atom. The summed E-state index contributed by atoms with van der Waals surface area (Å²) in [6.45, 7) is 2.00. The first-order chi connectivity index (χ1) is 6.18. The van der Waals surface area contributed by atoms with Crippen LogP contribution in [0.1, 0.15) is 5.56 Å². The molecule has 1 aromatic heterocycles. The standard InChI is InChI=1S/C10H9ClN2/c1-6-4-7-2-3-13-10(12)9(7)8(11)5-6/h2-5H,1H3,(H2,12,13). The molecule has 1 heterocycles. The lowest BCUT2D eigenvalue weighted by Gasteiger charge is -2.04. The van der Waals surface area contributed by atoms with Crippen LogP contribution in [0.3, 0.4) is 0 Å². The van der Waals surface area contributed by atoms with Crippen molar-refractivity contribution in [2.75, 3.05) is 5.73 Å². The molecular weight excluding hydrogens is 184 g/mol. The van der Waals surface area contributed by atoms with Gasteiger partial charge in [-0.15, -0.1) is 0 Å². The summed E-state index contributed by atoms with van der Waals surface area (Å²) in [6.07, 6.45) is 1.69. The Morgan fingerprint density at radius 2 is 2.15 bits per heavy atom. The van der Waals surface area contributed by atoms with Crippen molar-refractivity contribution in [3.63, 3.8) is 0 Å². The number of halogens is 1. The Balaban J connectivity index is 2.94. The lowest BCUT2D eigenvalue weighted by atomic mass is 10.1. The van der Waals surface area contributed by atoms with E-state index in [1.54, 1.807) is 6.20 Å². The van der Waals surface area contributed by atoms with Gasteiger partial charge in [-0.2, -0.15) is 0 Å². The van der Waals surface area contributed by atoms with E-state index in [9.17, 15) is 0 Å². The molecule has 0 spiro atoms. The molecule has 2 rings (SSSR count). The van der Waals surface area contributed by atoms with E-state index >= 15 is 0 Å². The number of nitrogens with zero attached hydrogens (tertiary/aromatic N) is 1. The molecule has 0 aliphatic carbocycles. The van der Waals surface area contributed by atoms with Gasteiger partial charge in [0.1, 0.15) is 5.82 Å². The fraction of sp³-hybridized carbons (Fsp3) is 0.100. The highest BCUT2D eigenvalue weighted by atomic mass is 35.5. The Kier molecular flexibility index (Phi) is 1.85. The number of aromatic nitrogens is 1. The van der Waals surface area contributed by atoms with Crippen molar-refractivity contribution in [1.29, 1.82) is 0 Å². The Labute approximate surface area is 81.3 Å². The van der Waals surface area contributed by atoms with Crippen LogP contribution in [0.5, 0.6) is 0 Å². The minimum absolute atomic E-state index is 0.488. The van der Waals surface area contributed by atoms with Crippen LogP contribution in [0, 0.1) is 6.92 Å². The molecule has 0 fully saturated rings. The third-order valence-electron chi connectivity index (χ3n) is 1.99. The van der Waals surface area contributed by atoms with E-state index in [1.807, 2.05) is 25.1 Å². The zero-order valence-corrected chi connectivity index (χ0v) is 7.97.